The zero-order chi connectivity index (χ0) is 14.4. The Morgan fingerprint density at radius 2 is 1.55 bits per heavy atom. The summed E-state index contributed by atoms with van der Waals surface area (Å²) >= 11 is 3.45. The Morgan fingerprint density at radius 1 is 1.00 bits per heavy atom. The molecule has 3 heteroatoms. The van der Waals surface area contributed by atoms with E-state index in [4.69, 9.17) is 4.74 Å². The summed E-state index contributed by atoms with van der Waals surface area (Å²) in [5.41, 5.74) is 2.41. The van der Waals surface area contributed by atoms with Crippen molar-refractivity contribution in [2.24, 2.45) is 0 Å². The minimum absolute atomic E-state index is 0.175. The minimum Gasteiger partial charge on any atom is -0.489 e. The summed E-state index contributed by atoms with van der Waals surface area (Å²) in [6, 6.07) is 16.6. The maximum Gasteiger partial charge on any atom is 0.119 e. The zero-order valence-corrected chi connectivity index (χ0v) is 13.5. The van der Waals surface area contributed by atoms with E-state index in [1.54, 1.807) is 0 Å². The van der Waals surface area contributed by atoms with Gasteiger partial charge in [-0.1, -0.05) is 47.1 Å². The monoisotopic (exact) mass is 333 g/mol. The van der Waals surface area contributed by atoms with Crippen molar-refractivity contribution in [2.75, 3.05) is 13.1 Å². The normalized spacial score (nSPS) is 12.2. The van der Waals surface area contributed by atoms with Crippen LogP contribution in [0.2, 0.25) is 0 Å². The van der Waals surface area contributed by atoms with Gasteiger partial charge < -0.3 is 10.1 Å². The van der Waals surface area contributed by atoms with Crippen LogP contribution in [0.1, 0.15) is 13.8 Å². The second-order valence-electron chi connectivity index (χ2n) is 4.77. The summed E-state index contributed by atoms with van der Waals surface area (Å²) in [6.45, 7) is 6.01. The van der Waals surface area contributed by atoms with Crippen LogP contribution in [0.15, 0.2) is 53.0 Å². The van der Waals surface area contributed by atoms with E-state index in [0.29, 0.717) is 0 Å². The molecule has 2 nitrogen and oxygen atoms in total. The lowest BCUT2D eigenvalue weighted by Gasteiger charge is -2.15. The van der Waals surface area contributed by atoms with Crippen LogP contribution < -0.4 is 10.1 Å². The van der Waals surface area contributed by atoms with Crippen LogP contribution in [-0.2, 0) is 0 Å². The molecule has 0 aromatic heterocycles. The second kappa shape index (κ2) is 7.46. The lowest BCUT2D eigenvalue weighted by Crippen LogP contribution is -2.28. The van der Waals surface area contributed by atoms with Crippen molar-refractivity contribution >= 4 is 15.9 Å². The Labute approximate surface area is 129 Å². The maximum absolute atomic E-state index is 5.86. The molecule has 2 aromatic carbocycles. The van der Waals surface area contributed by atoms with E-state index < -0.39 is 0 Å². The van der Waals surface area contributed by atoms with E-state index in [1.807, 2.05) is 12.1 Å². The average Bonchev–Trinajstić information content (AvgIpc) is 2.47. The van der Waals surface area contributed by atoms with Crippen LogP contribution in [0.25, 0.3) is 11.1 Å². The highest BCUT2D eigenvalue weighted by Gasteiger charge is 2.03. The molecule has 2 aromatic rings. The number of benzene rings is 2. The predicted octanol–water partition coefficient (Wildman–Crippen LogP) is 4.49. The van der Waals surface area contributed by atoms with E-state index in [0.717, 1.165) is 23.3 Å². The van der Waals surface area contributed by atoms with Crippen molar-refractivity contribution in [3.05, 3.63) is 53.0 Å². The molecule has 0 bridgehead atoms. The van der Waals surface area contributed by atoms with Crippen molar-refractivity contribution in [1.82, 2.24) is 5.32 Å². The van der Waals surface area contributed by atoms with Gasteiger partial charge in [0.05, 0.1) is 0 Å². The van der Waals surface area contributed by atoms with Crippen LogP contribution in [0.5, 0.6) is 5.75 Å². The summed E-state index contributed by atoms with van der Waals surface area (Å²) < 4.78 is 6.95. The molecule has 0 heterocycles. The van der Waals surface area contributed by atoms with E-state index in [9.17, 15) is 0 Å². The number of hydrogen-bond acceptors (Lipinski definition) is 2. The first kappa shape index (κ1) is 15.1. The van der Waals surface area contributed by atoms with Gasteiger partial charge in [-0.15, -0.1) is 0 Å². The second-order valence-corrected chi connectivity index (χ2v) is 5.68. The molecule has 1 unspecified atom stereocenters. The Hall–Kier alpha value is -1.32. The van der Waals surface area contributed by atoms with Crippen molar-refractivity contribution in [3.63, 3.8) is 0 Å². The van der Waals surface area contributed by atoms with E-state index in [-0.39, 0.29) is 6.10 Å². The lowest BCUT2D eigenvalue weighted by molar-refractivity contribution is 0.218. The van der Waals surface area contributed by atoms with Gasteiger partial charge in [0.25, 0.3) is 0 Å². The maximum atomic E-state index is 5.86. The lowest BCUT2D eigenvalue weighted by atomic mass is 10.1. The van der Waals surface area contributed by atoms with E-state index in [2.05, 4.69) is 71.5 Å². The first-order valence-electron chi connectivity index (χ1n) is 6.92. The van der Waals surface area contributed by atoms with Crippen molar-refractivity contribution in [3.8, 4) is 16.9 Å². The molecule has 0 radical (unpaired) electrons. The number of nitrogens with one attached hydrogen (secondary N) is 1. The predicted molar refractivity (Wildman–Crippen MR) is 88.2 cm³/mol. The molecular weight excluding hydrogens is 314 g/mol. The highest BCUT2D eigenvalue weighted by atomic mass is 79.9. The number of ether oxygens (including phenoxy) is 1. The number of hydrogen-bond donors (Lipinski definition) is 1. The zero-order valence-electron chi connectivity index (χ0n) is 11.9. The molecule has 1 atom stereocenters. The van der Waals surface area contributed by atoms with Gasteiger partial charge >= 0.3 is 0 Å². The number of rotatable bonds is 6. The third kappa shape index (κ3) is 4.36. The fraction of sp³-hybridized carbons (Fsp3) is 0.294. The molecule has 106 valence electrons. The third-order valence-corrected chi connectivity index (χ3v) is 3.58. The molecule has 0 fully saturated rings. The van der Waals surface area contributed by atoms with Crippen LogP contribution in [0.3, 0.4) is 0 Å². The van der Waals surface area contributed by atoms with Crippen LogP contribution >= 0.6 is 15.9 Å². The minimum atomic E-state index is 0.175. The third-order valence-electron chi connectivity index (χ3n) is 3.05. The van der Waals surface area contributed by atoms with Gasteiger partial charge in [0.15, 0.2) is 0 Å². The quantitative estimate of drug-likeness (QED) is 0.840. The van der Waals surface area contributed by atoms with Crippen molar-refractivity contribution in [2.45, 2.75) is 20.0 Å². The number of likely N-dealkylation sites (N-methyl/N-ethyl adjacent to an activating group) is 1. The Bertz CT molecular complexity index is 522. The van der Waals surface area contributed by atoms with Gasteiger partial charge in [-0.2, -0.15) is 0 Å². The Balaban J connectivity index is 2.01. The van der Waals surface area contributed by atoms with Gasteiger partial charge in [-0.05, 0) is 48.9 Å². The molecule has 20 heavy (non-hydrogen) atoms. The highest BCUT2D eigenvalue weighted by Crippen LogP contribution is 2.24. The number of halogens is 1. The molecule has 0 saturated carbocycles. The van der Waals surface area contributed by atoms with Crippen LogP contribution in [0.4, 0.5) is 0 Å². The van der Waals surface area contributed by atoms with E-state index >= 15 is 0 Å². The van der Waals surface area contributed by atoms with Crippen LogP contribution in [-0.4, -0.2) is 19.2 Å². The fourth-order valence-corrected chi connectivity index (χ4v) is 2.25. The van der Waals surface area contributed by atoms with Crippen molar-refractivity contribution < 1.29 is 4.74 Å². The SMILES string of the molecule is CCNCC(C)Oc1ccc(-c2ccc(Br)cc2)cc1. The first-order valence-corrected chi connectivity index (χ1v) is 7.71. The summed E-state index contributed by atoms with van der Waals surface area (Å²) in [7, 11) is 0. The van der Waals surface area contributed by atoms with Gasteiger partial charge in [-0.3, -0.25) is 0 Å². The molecule has 0 aliphatic carbocycles. The molecule has 1 N–H and O–H groups in total. The molecular formula is C17H20BrNO. The molecule has 0 amide bonds. The summed E-state index contributed by atoms with van der Waals surface area (Å²) in [6.07, 6.45) is 0.175. The Morgan fingerprint density at radius 3 is 2.10 bits per heavy atom. The average molecular weight is 334 g/mol. The Kier molecular flexibility index (Phi) is 5.62. The molecule has 2 rings (SSSR count). The van der Waals surface area contributed by atoms with Gasteiger partial charge in [-0.25, -0.2) is 0 Å². The molecule has 0 spiro atoms. The molecule has 0 aliphatic heterocycles. The topological polar surface area (TPSA) is 21.3 Å². The fourth-order valence-electron chi connectivity index (χ4n) is 1.99. The summed E-state index contributed by atoms with van der Waals surface area (Å²) in [5, 5.41) is 3.28. The molecule has 0 saturated heterocycles. The van der Waals surface area contributed by atoms with Gasteiger partial charge in [0, 0.05) is 11.0 Å². The standard InChI is InChI=1S/C17H20BrNO/c1-3-19-12-13(2)20-17-10-6-15(7-11-17)14-4-8-16(18)9-5-14/h4-11,13,19H,3,12H2,1-2H3. The van der Waals surface area contributed by atoms with Crippen LogP contribution in [0, 0.1) is 0 Å². The highest BCUT2D eigenvalue weighted by molar-refractivity contribution is 9.10. The first-order chi connectivity index (χ1) is 9.69. The molecule has 0 aliphatic rings. The van der Waals surface area contributed by atoms with Gasteiger partial charge in [0.2, 0.25) is 0 Å². The summed E-state index contributed by atoms with van der Waals surface area (Å²) in [4.78, 5) is 0. The van der Waals surface area contributed by atoms with E-state index in [1.165, 1.54) is 11.1 Å². The largest absolute Gasteiger partial charge is 0.489 e. The smallest absolute Gasteiger partial charge is 0.119 e. The van der Waals surface area contributed by atoms with Crippen molar-refractivity contribution in [1.29, 1.82) is 0 Å². The van der Waals surface area contributed by atoms with Gasteiger partial charge in [0.1, 0.15) is 11.9 Å². The summed E-state index contributed by atoms with van der Waals surface area (Å²) in [5.74, 6) is 0.913.